The lowest BCUT2D eigenvalue weighted by atomic mass is 9.97. The number of benzene rings is 1. The molecule has 0 bridgehead atoms. The molecule has 2 atom stereocenters. The summed E-state index contributed by atoms with van der Waals surface area (Å²) in [6, 6.07) is 9.73. The van der Waals surface area contributed by atoms with Crippen LogP contribution in [0.25, 0.3) is 0 Å². The minimum atomic E-state index is -3.63. The van der Waals surface area contributed by atoms with Gasteiger partial charge < -0.3 is 5.32 Å². The van der Waals surface area contributed by atoms with Crippen molar-refractivity contribution in [1.82, 2.24) is 9.62 Å². The van der Waals surface area contributed by atoms with Crippen LogP contribution in [-0.2, 0) is 14.8 Å². The molecule has 6 nitrogen and oxygen atoms in total. The van der Waals surface area contributed by atoms with Gasteiger partial charge in [-0.1, -0.05) is 24.3 Å². The Labute approximate surface area is 161 Å². The van der Waals surface area contributed by atoms with Crippen LogP contribution in [0.3, 0.4) is 0 Å². The Hall–Kier alpha value is -2.28. The number of nitrogens with one attached hydrogen (secondary N) is 1. The maximum absolute atomic E-state index is 13.9. The van der Waals surface area contributed by atoms with E-state index in [1.807, 2.05) is 6.07 Å². The van der Waals surface area contributed by atoms with Crippen molar-refractivity contribution in [2.75, 3.05) is 13.1 Å². The molecule has 3 rings (SSSR count). The Morgan fingerprint density at radius 1 is 1.33 bits per heavy atom. The van der Waals surface area contributed by atoms with Crippen molar-refractivity contribution < 1.29 is 17.6 Å². The molecule has 2 aromatic rings. The van der Waals surface area contributed by atoms with Crippen molar-refractivity contribution in [2.45, 2.75) is 23.1 Å². The van der Waals surface area contributed by atoms with Crippen molar-refractivity contribution >= 4 is 27.3 Å². The molecule has 1 aromatic carbocycles. The molecule has 1 amide bonds. The van der Waals surface area contributed by atoms with Gasteiger partial charge in [-0.15, -0.1) is 11.3 Å². The van der Waals surface area contributed by atoms with Crippen LogP contribution < -0.4 is 5.32 Å². The number of piperidine rings is 1. The smallest absolute Gasteiger partial charge is 0.252 e. The number of carbonyl (C=O) groups is 1. The average molecular weight is 407 g/mol. The number of amides is 1. The molecular weight excluding hydrogens is 389 g/mol. The number of sulfonamides is 1. The van der Waals surface area contributed by atoms with Gasteiger partial charge in [0.15, 0.2) is 0 Å². The molecule has 1 saturated heterocycles. The molecule has 1 aromatic heterocycles. The number of rotatable bonds is 5. The molecule has 2 heterocycles. The normalized spacial score (nSPS) is 19.2. The van der Waals surface area contributed by atoms with Crippen LogP contribution in [-0.4, -0.2) is 31.7 Å². The number of hydrogen-bond acceptors (Lipinski definition) is 5. The maximum Gasteiger partial charge on any atom is 0.252 e. The lowest BCUT2D eigenvalue weighted by Crippen LogP contribution is -2.45. The van der Waals surface area contributed by atoms with Crippen LogP contribution in [0.1, 0.15) is 24.4 Å². The quantitative estimate of drug-likeness (QED) is 0.825. The molecular formula is C18H18FN3O3S2. The van der Waals surface area contributed by atoms with Gasteiger partial charge in [-0.2, -0.15) is 9.57 Å². The molecule has 0 saturated carbocycles. The molecule has 1 N–H and O–H groups in total. The molecule has 1 aliphatic heterocycles. The zero-order valence-corrected chi connectivity index (χ0v) is 16.0. The lowest BCUT2D eigenvalue weighted by molar-refractivity contribution is -0.126. The Morgan fingerprint density at radius 3 is 2.78 bits per heavy atom. The third-order valence-corrected chi connectivity index (χ3v) is 7.71. The molecule has 0 aliphatic carbocycles. The Bertz CT molecular complexity index is 954. The van der Waals surface area contributed by atoms with Crippen molar-refractivity contribution in [3.8, 4) is 6.07 Å². The Morgan fingerprint density at radius 2 is 2.11 bits per heavy atom. The number of halogens is 1. The highest BCUT2D eigenvalue weighted by atomic mass is 32.2. The topological polar surface area (TPSA) is 90.3 Å². The Balaban J connectivity index is 1.72. The van der Waals surface area contributed by atoms with E-state index < -0.39 is 33.7 Å². The molecule has 27 heavy (non-hydrogen) atoms. The van der Waals surface area contributed by atoms with Crippen molar-refractivity contribution in [3.05, 3.63) is 53.2 Å². The highest BCUT2D eigenvalue weighted by Crippen LogP contribution is 2.27. The summed E-state index contributed by atoms with van der Waals surface area (Å²) in [5, 5.41) is 13.5. The van der Waals surface area contributed by atoms with E-state index in [-0.39, 0.29) is 16.3 Å². The maximum atomic E-state index is 13.9. The zero-order valence-electron chi connectivity index (χ0n) is 14.3. The second-order valence-corrected chi connectivity index (χ2v) is 9.34. The van der Waals surface area contributed by atoms with E-state index >= 15 is 0 Å². The van der Waals surface area contributed by atoms with E-state index in [4.69, 9.17) is 0 Å². The summed E-state index contributed by atoms with van der Waals surface area (Å²) in [6.07, 6.45) is 1.05. The van der Waals surface area contributed by atoms with E-state index in [0.29, 0.717) is 19.4 Å². The van der Waals surface area contributed by atoms with E-state index in [9.17, 15) is 22.9 Å². The molecule has 0 spiro atoms. The standard InChI is InChI=1S/C18H18FN3O3S2/c19-15-7-2-1-6-14(15)16(11-20)21-18(23)13-5-3-9-22(12-13)27(24,25)17-8-4-10-26-17/h1-2,4,6-8,10,13,16H,3,5,9,12H2,(H,21,23). The largest absolute Gasteiger partial charge is 0.336 e. The summed E-state index contributed by atoms with van der Waals surface area (Å²) >= 11 is 1.13. The first-order chi connectivity index (χ1) is 12.9. The SMILES string of the molecule is N#CC(NC(=O)C1CCCN(S(=O)(=O)c2cccs2)C1)c1ccccc1F. The Kier molecular flexibility index (Phi) is 5.89. The van der Waals surface area contributed by atoms with Gasteiger partial charge in [0.05, 0.1) is 12.0 Å². The van der Waals surface area contributed by atoms with Gasteiger partial charge in [0.25, 0.3) is 10.0 Å². The zero-order chi connectivity index (χ0) is 19.4. The second kappa shape index (κ2) is 8.17. The van der Waals surface area contributed by atoms with Crippen molar-refractivity contribution in [1.29, 1.82) is 5.26 Å². The lowest BCUT2D eigenvalue weighted by Gasteiger charge is -2.31. The number of nitrogens with zero attached hydrogens (tertiary/aromatic N) is 2. The van der Waals surface area contributed by atoms with Crippen molar-refractivity contribution in [2.24, 2.45) is 5.92 Å². The van der Waals surface area contributed by atoms with Crippen LogP contribution in [0, 0.1) is 23.1 Å². The summed E-state index contributed by atoms with van der Waals surface area (Å²) in [7, 11) is -3.63. The number of carbonyl (C=O) groups excluding carboxylic acids is 1. The molecule has 1 aliphatic rings. The third kappa shape index (κ3) is 4.18. The average Bonchev–Trinajstić information content (AvgIpc) is 3.22. The highest BCUT2D eigenvalue weighted by molar-refractivity contribution is 7.91. The predicted octanol–water partition coefficient (Wildman–Crippen LogP) is 2.67. The summed E-state index contributed by atoms with van der Waals surface area (Å²) < 4.78 is 40.8. The first-order valence-electron chi connectivity index (χ1n) is 8.41. The van der Waals surface area contributed by atoms with Gasteiger partial charge in [0, 0.05) is 18.7 Å². The number of nitriles is 1. The number of hydrogen-bond donors (Lipinski definition) is 1. The van der Waals surface area contributed by atoms with Gasteiger partial charge in [-0.05, 0) is 30.4 Å². The molecule has 2 unspecified atom stereocenters. The fraction of sp³-hybridized carbons (Fsp3) is 0.333. The van der Waals surface area contributed by atoms with Crippen LogP contribution in [0.2, 0.25) is 0 Å². The molecule has 9 heteroatoms. The molecule has 1 fully saturated rings. The summed E-state index contributed by atoms with van der Waals surface area (Å²) in [5.74, 6) is -1.61. The van der Waals surface area contributed by atoms with E-state index in [2.05, 4.69) is 5.32 Å². The second-order valence-electron chi connectivity index (χ2n) is 6.23. The summed E-state index contributed by atoms with van der Waals surface area (Å²) in [5.41, 5.74) is 0.0900. The van der Waals surface area contributed by atoms with E-state index in [0.717, 1.165) is 11.3 Å². The van der Waals surface area contributed by atoms with E-state index in [1.165, 1.54) is 28.6 Å². The fourth-order valence-electron chi connectivity index (χ4n) is 3.06. The van der Waals surface area contributed by atoms with Crippen molar-refractivity contribution in [3.63, 3.8) is 0 Å². The van der Waals surface area contributed by atoms with Gasteiger partial charge in [-0.25, -0.2) is 12.8 Å². The van der Waals surface area contributed by atoms with Gasteiger partial charge in [0.1, 0.15) is 16.1 Å². The summed E-state index contributed by atoms with van der Waals surface area (Å²) in [6.45, 7) is 0.389. The van der Waals surface area contributed by atoms with Gasteiger partial charge in [-0.3, -0.25) is 4.79 Å². The first kappa shape index (κ1) is 19.5. The fourth-order valence-corrected chi connectivity index (χ4v) is 5.73. The van der Waals surface area contributed by atoms with Gasteiger partial charge >= 0.3 is 0 Å². The third-order valence-electron chi connectivity index (χ3n) is 4.48. The van der Waals surface area contributed by atoms with E-state index in [1.54, 1.807) is 17.5 Å². The predicted molar refractivity (Wildman–Crippen MR) is 98.7 cm³/mol. The molecule has 142 valence electrons. The monoisotopic (exact) mass is 407 g/mol. The minimum absolute atomic E-state index is 0.0431. The van der Waals surface area contributed by atoms with Crippen LogP contribution >= 0.6 is 11.3 Å². The van der Waals surface area contributed by atoms with Crippen LogP contribution in [0.4, 0.5) is 4.39 Å². The van der Waals surface area contributed by atoms with Crippen LogP contribution in [0.5, 0.6) is 0 Å². The van der Waals surface area contributed by atoms with Gasteiger partial charge in [0.2, 0.25) is 5.91 Å². The minimum Gasteiger partial charge on any atom is -0.336 e. The summed E-state index contributed by atoms with van der Waals surface area (Å²) in [4.78, 5) is 12.6. The molecule has 0 radical (unpaired) electrons. The van der Waals surface area contributed by atoms with Crippen LogP contribution in [0.15, 0.2) is 46.0 Å². The first-order valence-corrected chi connectivity index (χ1v) is 10.7. The number of thiophene rings is 1. The highest BCUT2D eigenvalue weighted by Gasteiger charge is 2.34.